The Labute approximate surface area is 178 Å². The highest BCUT2D eigenvalue weighted by Gasteiger charge is 2.42. The van der Waals surface area contributed by atoms with Gasteiger partial charge in [-0.2, -0.15) is 0 Å². The van der Waals surface area contributed by atoms with Crippen LogP contribution in [0, 0.1) is 0 Å². The molecule has 30 heavy (non-hydrogen) atoms. The molecule has 0 bridgehead atoms. The third kappa shape index (κ3) is 2.47. The van der Waals surface area contributed by atoms with Crippen molar-refractivity contribution in [3.05, 3.63) is 83.4 Å². The van der Waals surface area contributed by atoms with E-state index in [2.05, 4.69) is 15.2 Å². The van der Waals surface area contributed by atoms with E-state index in [4.69, 9.17) is 4.42 Å². The van der Waals surface area contributed by atoms with Gasteiger partial charge in [-0.05, 0) is 11.6 Å². The molecule has 148 valence electrons. The molecule has 0 saturated carbocycles. The van der Waals surface area contributed by atoms with Crippen LogP contribution in [-0.2, 0) is 9.59 Å². The molecule has 4 heterocycles. The van der Waals surface area contributed by atoms with Crippen LogP contribution in [0.2, 0.25) is 0 Å². The van der Waals surface area contributed by atoms with Gasteiger partial charge in [0, 0.05) is 53.2 Å². The fraction of sp³-hybridized carbons (Fsp3) is 0.0870. The third-order valence-electron chi connectivity index (χ3n) is 5.75. The van der Waals surface area contributed by atoms with Crippen molar-refractivity contribution < 1.29 is 14.0 Å². The van der Waals surface area contributed by atoms with Crippen LogP contribution in [0.15, 0.2) is 76.1 Å². The zero-order chi connectivity index (χ0) is 19.5. The van der Waals surface area contributed by atoms with Crippen molar-refractivity contribution in [1.29, 1.82) is 0 Å². The minimum atomic E-state index is -0.380. The van der Waals surface area contributed by atoms with Crippen LogP contribution >= 0.6 is 12.4 Å². The first-order chi connectivity index (χ1) is 14.2. The maximum Gasteiger partial charge on any atom is 0.259 e. The lowest BCUT2D eigenvalue weighted by molar-refractivity contribution is -0.123. The van der Waals surface area contributed by atoms with Gasteiger partial charge in [0.25, 0.3) is 11.8 Å². The predicted octanol–water partition coefficient (Wildman–Crippen LogP) is 3.77. The van der Waals surface area contributed by atoms with Gasteiger partial charge >= 0.3 is 0 Å². The number of nitrogens with one attached hydrogen (secondary N) is 1. The standard InChI is InChI=1S/C23H15N3O3.ClH/c27-22-18(16-6-1-3-13-7-10-29-21(13)16)19(23(28)25-22)17-12-26-9-8-24-11-14-4-2-5-15(17)20(14)26;/h1-11,17H,12H2,(H,25,27,28);1H. The van der Waals surface area contributed by atoms with Crippen molar-refractivity contribution in [1.82, 2.24) is 5.32 Å². The van der Waals surface area contributed by atoms with E-state index in [0.29, 0.717) is 28.8 Å². The summed E-state index contributed by atoms with van der Waals surface area (Å²) >= 11 is 0. The minimum absolute atomic E-state index is 0. The molecule has 1 N–H and O–H groups in total. The number of hydrogen-bond donors (Lipinski definition) is 1. The number of carbonyl (C=O) groups excluding carboxylic acids is 2. The Balaban J connectivity index is 0.00000193. The molecule has 7 heteroatoms. The molecule has 6 rings (SSSR count). The normalized spacial score (nSPS) is 19.2. The van der Waals surface area contributed by atoms with Gasteiger partial charge in [-0.15, -0.1) is 12.4 Å². The third-order valence-corrected chi connectivity index (χ3v) is 5.75. The number of hydrogen-bond acceptors (Lipinski definition) is 5. The number of furan rings is 1. The smallest absolute Gasteiger partial charge is 0.259 e. The van der Waals surface area contributed by atoms with Gasteiger partial charge in [0.05, 0.1) is 17.5 Å². The van der Waals surface area contributed by atoms with E-state index >= 15 is 0 Å². The number of imide groups is 1. The van der Waals surface area contributed by atoms with Crippen LogP contribution in [0.25, 0.3) is 16.5 Å². The van der Waals surface area contributed by atoms with E-state index in [-0.39, 0.29) is 30.1 Å². The maximum absolute atomic E-state index is 12.9. The number of anilines is 1. The van der Waals surface area contributed by atoms with E-state index < -0.39 is 0 Å². The van der Waals surface area contributed by atoms with Gasteiger partial charge in [-0.3, -0.25) is 19.9 Å². The van der Waals surface area contributed by atoms with E-state index in [9.17, 15) is 9.59 Å². The van der Waals surface area contributed by atoms with E-state index in [0.717, 1.165) is 22.2 Å². The number of fused-ring (bicyclic) bond motifs is 1. The highest BCUT2D eigenvalue weighted by molar-refractivity contribution is 6.37. The van der Waals surface area contributed by atoms with E-state index in [1.54, 1.807) is 12.5 Å². The summed E-state index contributed by atoms with van der Waals surface area (Å²) in [6.45, 7) is 0.569. The fourth-order valence-electron chi connectivity index (χ4n) is 4.57. The van der Waals surface area contributed by atoms with Crippen molar-refractivity contribution in [2.75, 3.05) is 11.4 Å². The Morgan fingerprint density at radius 2 is 1.93 bits per heavy atom. The van der Waals surface area contributed by atoms with Crippen LogP contribution in [0.4, 0.5) is 5.69 Å². The van der Waals surface area contributed by atoms with Crippen molar-refractivity contribution in [2.24, 2.45) is 4.99 Å². The molecule has 1 aromatic heterocycles. The molecule has 0 aliphatic carbocycles. The zero-order valence-corrected chi connectivity index (χ0v) is 16.5. The number of aliphatic imine (C=N–C) groups is 1. The molecule has 3 aliphatic rings. The van der Waals surface area contributed by atoms with Crippen LogP contribution in [0.3, 0.4) is 0 Å². The molecule has 0 spiro atoms. The molecule has 1 atom stereocenters. The minimum Gasteiger partial charge on any atom is -0.464 e. The summed E-state index contributed by atoms with van der Waals surface area (Å²) in [7, 11) is 0. The lowest BCUT2D eigenvalue weighted by Gasteiger charge is -2.15. The average Bonchev–Trinajstić information content (AvgIpc) is 3.36. The van der Waals surface area contributed by atoms with Crippen LogP contribution in [-0.4, -0.2) is 24.6 Å². The number of halogens is 1. The molecule has 6 nitrogen and oxygen atoms in total. The summed E-state index contributed by atoms with van der Waals surface area (Å²) in [4.78, 5) is 32.1. The highest BCUT2D eigenvalue weighted by Crippen LogP contribution is 2.46. The second kappa shape index (κ2) is 6.71. The van der Waals surface area contributed by atoms with Crippen molar-refractivity contribution in [3.8, 4) is 0 Å². The quantitative estimate of drug-likeness (QED) is 0.644. The Morgan fingerprint density at radius 1 is 1.07 bits per heavy atom. The van der Waals surface area contributed by atoms with E-state index in [1.807, 2.05) is 54.9 Å². The monoisotopic (exact) mass is 417 g/mol. The molecule has 1 unspecified atom stereocenters. The van der Waals surface area contributed by atoms with Gasteiger partial charge in [0.2, 0.25) is 0 Å². The molecule has 2 aromatic carbocycles. The van der Waals surface area contributed by atoms with Gasteiger partial charge < -0.3 is 9.32 Å². The highest BCUT2D eigenvalue weighted by atomic mass is 35.5. The Morgan fingerprint density at radius 3 is 2.83 bits per heavy atom. The second-order valence-corrected chi connectivity index (χ2v) is 7.28. The zero-order valence-electron chi connectivity index (χ0n) is 15.7. The number of benzene rings is 2. The lowest BCUT2D eigenvalue weighted by Crippen LogP contribution is -2.25. The molecular weight excluding hydrogens is 402 g/mol. The topological polar surface area (TPSA) is 74.9 Å². The molecule has 2 amide bonds. The fourth-order valence-corrected chi connectivity index (χ4v) is 4.57. The van der Waals surface area contributed by atoms with Gasteiger partial charge in [-0.1, -0.05) is 36.4 Å². The summed E-state index contributed by atoms with van der Waals surface area (Å²) in [6.07, 6.45) is 7.06. The first-order valence-electron chi connectivity index (χ1n) is 9.38. The Bertz CT molecular complexity index is 1320. The predicted molar refractivity (Wildman–Crippen MR) is 117 cm³/mol. The van der Waals surface area contributed by atoms with Crippen LogP contribution < -0.4 is 10.2 Å². The first kappa shape index (κ1) is 18.4. The van der Waals surface area contributed by atoms with Gasteiger partial charge in [-0.25, -0.2) is 0 Å². The number of para-hydroxylation sites is 2. The molecule has 3 aliphatic heterocycles. The summed E-state index contributed by atoms with van der Waals surface area (Å²) in [5.74, 6) is -0.950. The SMILES string of the molecule is Cl.O=C1NC(=O)C(C2CN3C=CN=Cc4cccc2c43)=C1c1cccc2ccoc12. The second-order valence-electron chi connectivity index (χ2n) is 7.28. The Kier molecular flexibility index (Phi) is 4.11. The maximum atomic E-state index is 12.9. The summed E-state index contributed by atoms with van der Waals surface area (Å²) in [5, 5.41) is 3.39. The number of rotatable bonds is 2. The first-order valence-corrected chi connectivity index (χ1v) is 9.38. The van der Waals surface area contributed by atoms with Crippen molar-refractivity contribution in [3.63, 3.8) is 0 Å². The van der Waals surface area contributed by atoms with Crippen LogP contribution in [0.5, 0.6) is 0 Å². The van der Waals surface area contributed by atoms with Gasteiger partial charge in [0.1, 0.15) is 5.58 Å². The molecule has 0 fully saturated rings. The number of carbonyl (C=O) groups is 2. The summed E-state index contributed by atoms with van der Waals surface area (Å²) in [6, 6.07) is 13.5. The lowest BCUT2D eigenvalue weighted by atomic mass is 9.87. The Hall–Kier alpha value is -3.64. The van der Waals surface area contributed by atoms with E-state index in [1.165, 1.54) is 0 Å². The molecule has 3 aromatic rings. The van der Waals surface area contributed by atoms with Gasteiger partial charge in [0.15, 0.2) is 0 Å². The van der Waals surface area contributed by atoms with Crippen LogP contribution in [0.1, 0.15) is 22.6 Å². The van der Waals surface area contributed by atoms with Crippen molar-refractivity contribution in [2.45, 2.75) is 5.92 Å². The largest absolute Gasteiger partial charge is 0.464 e. The summed E-state index contributed by atoms with van der Waals surface area (Å²) in [5.41, 5.74) is 5.19. The number of nitrogens with zero attached hydrogens (tertiary/aromatic N) is 2. The molecular formula is C23H16ClN3O3. The number of amides is 2. The summed E-state index contributed by atoms with van der Waals surface area (Å²) < 4.78 is 5.65. The average molecular weight is 418 g/mol. The molecule has 0 radical (unpaired) electrons. The van der Waals surface area contributed by atoms with Crippen molar-refractivity contribution >= 4 is 52.7 Å². The molecule has 0 saturated heterocycles.